The maximum Gasteiger partial charge on any atom is 0.367 e. The summed E-state index contributed by atoms with van der Waals surface area (Å²) in [6.07, 6.45) is 0. The number of carbonyl (C=O) groups is 2. The van der Waals surface area contributed by atoms with Crippen LogP contribution in [0.15, 0.2) is 198 Å². The maximum absolute atomic E-state index is 12.5. The first-order chi connectivity index (χ1) is 39.6. The predicted molar refractivity (Wildman–Crippen MR) is 308 cm³/mol. The summed E-state index contributed by atoms with van der Waals surface area (Å²) in [4.78, 5) is 61.0. The van der Waals surface area contributed by atoms with E-state index in [1.165, 1.54) is 42.7 Å². The van der Waals surface area contributed by atoms with Crippen LogP contribution in [-0.4, -0.2) is 67.7 Å². The van der Waals surface area contributed by atoms with Crippen LogP contribution < -0.4 is 31.1 Å². The number of nitro groups is 1. The van der Waals surface area contributed by atoms with Crippen molar-refractivity contribution in [2.24, 2.45) is 20.5 Å². The minimum atomic E-state index is -1.35. The Morgan fingerprint density at radius 1 is 0.590 bits per heavy atom. The first-order valence-corrected chi connectivity index (χ1v) is 26.3. The van der Waals surface area contributed by atoms with Crippen molar-refractivity contribution in [2.45, 2.75) is 41.5 Å². The fourth-order valence-electron chi connectivity index (χ4n) is 9.29. The molecule has 0 saturated carbocycles. The van der Waals surface area contributed by atoms with Crippen LogP contribution in [0, 0.1) is 24.0 Å². The number of aromatic amines is 2. The minimum Gasteiger partial charge on any atom is -0.871 e. The van der Waals surface area contributed by atoms with E-state index in [0.29, 0.717) is 33.9 Å². The summed E-state index contributed by atoms with van der Waals surface area (Å²) in [7, 11) is 0. The fourth-order valence-corrected chi connectivity index (χ4v) is 9.29. The van der Waals surface area contributed by atoms with Crippen molar-refractivity contribution in [3.05, 3.63) is 217 Å². The Bertz CT molecular complexity index is 4080. The minimum absolute atomic E-state index is 0. The van der Waals surface area contributed by atoms with Crippen LogP contribution in [0.4, 0.5) is 39.8 Å². The Morgan fingerprint density at radius 2 is 1.04 bits per heavy atom. The molecule has 0 amide bonds. The largest absolute Gasteiger partial charge is 0.871 e. The van der Waals surface area contributed by atoms with Gasteiger partial charge in [0.25, 0.3) is 16.8 Å². The number of azo groups is 2. The Balaban J connectivity index is 0.000000181. The number of nitrogens with one attached hydrogen (secondary N) is 4. The van der Waals surface area contributed by atoms with Crippen molar-refractivity contribution < 1.29 is 61.4 Å². The molecule has 7 aromatic carbocycles. The normalized spacial score (nSPS) is 11.2. The third-order valence-electron chi connectivity index (χ3n) is 13.6. The molecule has 0 unspecified atom stereocenters. The van der Waals surface area contributed by atoms with Gasteiger partial charge in [0.1, 0.15) is 23.5 Å². The SMILES string of the molecule is CC[NH+](CC)c1ccc2c(-c3ccccc3C(=O)O)c3ccc([NH+](CC)CC)cc3[o+]c2c1.Cc1[nH]n(-c2ccccc2)c(=O)c1N=Nc1cc([N+](=O)[O-])ccc1[O-].Cc1[nH]n(-c2ccccc2)c(=O)c1N=Nc1ccccc1C(=O)[O-].[Cr]. The van der Waals surface area contributed by atoms with Crippen molar-refractivity contribution >= 4 is 73.7 Å². The Kier molecular flexibility index (Phi) is 20.1. The van der Waals surface area contributed by atoms with Gasteiger partial charge in [-0.25, -0.2) is 18.6 Å². The number of rotatable bonds is 16. The standard InChI is InChI=1S/C28H30N2O3.C17H14N4O3.C16H13N5O4.Cr/c1-5-29(6-2)19-13-15-23-25(17-19)33-26-18-20(30(7-3)8-4)14-16-24(26)27(23)21-11-9-10-12-22(21)28(31)32;1-11-15(16(22)21(20-11)12-7-3-2-4-8-12)19-18-14-10-6-5-9-13(14)17(23)24;1-10-15(16(23)20(19-10)11-5-3-2-4-6-11)18-17-13-9-12(21(24)25)7-8-14(13)22;/h9-18H,5-8H2,1-4H3;2-10,20H,1H3,(H,23,24);2-9,19,22H,1H3;/p+1. The molecule has 0 bridgehead atoms. The molecule has 0 atom stereocenters. The monoisotopic (exact) mass is 1160 g/mol. The summed E-state index contributed by atoms with van der Waals surface area (Å²) in [5, 5.41) is 66.5. The van der Waals surface area contributed by atoms with Gasteiger partial charge in [0, 0.05) is 52.8 Å². The van der Waals surface area contributed by atoms with Crippen LogP contribution in [0.3, 0.4) is 0 Å². The van der Waals surface area contributed by atoms with Crippen LogP contribution in [0.25, 0.3) is 44.4 Å². The maximum atomic E-state index is 12.5. The number of aryl methyl sites for hydroxylation is 2. The van der Waals surface area contributed by atoms with E-state index in [1.807, 2.05) is 36.4 Å². The van der Waals surface area contributed by atoms with Crippen molar-refractivity contribution in [2.75, 3.05) is 26.2 Å². The van der Waals surface area contributed by atoms with Crippen LogP contribution >= 0.6 is 0 Å². The number of hydrogen-bond acceptors (Lipinski definition) is 12. The molecule has 0 aliphatic carbocycles. The van der Waals surface area contributed by atoms with E-state index in [9.17, 15) is 44.6 Å². The number of non-ortho nitro benzene ring substituents is 1. The third kappa shape index (κ3) is 13.6. The van der Waals surface area contributed by atoms with Crippen LogP contribution in [0.1, 0.15) is 59.8 Å². The van der Waals surface area contributed by atoms with Gasteiger partial charge in [0.2, 0.25) is 0 Å². The smallest absolute Gasteiger partial charge is 0.367 e. The predicted octanol–water partition coefficient (Wildman–Crippen LogP) is 9.47. The fraction of sp³-hybridized carbons (Fsp3) is 0.164. The molecule has 10 aromatic rings. The number of para-hydroxylation sites is 2. The molecule has 0 aliphatic heterocycles. The molecule has 3 heterocycles. The first kappa shape index (κ1) is 60.7. The number of carbonyl (C=O) groups excluding carboxylic acids is 1. The molecule has 83 heavy (non-hydrogen) atoms. The number of benzene rings is 7. The van der Waals surface area contributed by atoms with E-state index in [1.54, 1.807) is 74.5 Å². The Hall–Kier alpha value is -9.98. The zero-order chi connectivity index (χ0) is 58.6. The number of nitro benzene ring substituents is 1. The van der Waals surface area contributed by atoms with Gasteiger partial charge in [0.15, 0.2) is 11.4 Å². The number of aromatic nitrogens is 4. The number of carboxylic acids is 2. The topological polar surface area (TPSA) is 289 Å². The zero-order valence-electron chi connectivity index (χ0n) is 46.1. The molecular formula is C61H58CrN11O10+. The second kappa shape index (κ2) is 27.5. The summed E-state index contributed by atoms with van der Waals surface area (Å²) < 4.78 is 9.15. The second-order valence-corrected chi connectivity index (χ2v) is 18.6. The van der Waals surface area contributed by atoms with E-state index in [-0.39, 0.29) is 56.9 Å². The van der Waals surface area contributed by atoms with E-state index in [0.717, 1.165) is 71.9 Å². The molecule has 0 radical (unpaired) electrons. The average Bonchev–Trinajstić information content (AvgIpc) is 3.11. The molecule has 21 nitrogen and oxygen atoms in total. The van der Waals surface area contributed by atoms with Gasteiger partial charge in [-0.1, -0.05) is 84.6 Å². The molecule has 22 heteroatoms. The van der Waals surface area contributed by atoms with Gasteiger partial charge >= 0.3 is 17.1 Å². The van der Waals surface area contributed by atoms with Gasteiger partial charge in [-0.2, -0.15) is 5.11 Å². The van der Waals surface area contributed by atoms with Crippen molar-refractivity contribution in [3.63, 3.8) is 0 Å². The summed E-state index contributed by atoms with van der Waals surface area (Å²) in [5.74, 6) is -2.80. The van der Waals surface area contributed by atoms with Gasteiger partial charge < -0.3 is 29.9 Å². The van der Waals surface area contributed by atoms with E-state index in [4.69, 9.17) is 4.42 Å². The van der Waals surface area contributed by atoms with Crippen LogP contribution in [0.2, 0.25) is 0 Å². The van der Waals surface area contributed by atoms with Crippen molar-refractivity contribution in [1.82, 2.24) is 19.6 Å². The van der Waals surface area contributed by atoms with Crippen molar-refractivity contribution in [3.8, 4) is 28.3 Å². The van der Waals surface area contributed by atoms with Crippen LogP contribution in [0.5, 0.6) is 5.75 Å². The van der Waals surface area contributed by atoms with Gasteiger partial charge in [-0.05, 0) is 95.6 Å². The van der Waals surface area contributed by atoms with Crippen molar-refractivity contribution in [1.29, 1.82) is 0 Å². The molecule has 0 saturated heterocycles. The number of hydrogen-bond donors (Lipinski definition) is 5. The van der Waals surface area contributed by atoms with Gasteiger partial charge in [-0.15, -0.1) is 15.3 Å². The molecule has 0 fully saturated rings. The summed E-state index contributed by atoms with van der Waals surface area (Å²) in [6.45, 7) is 16.0. The molecule has 0 aliphatic rings. The number of carboxylic acid groups (broad SMARTS) is 2. The summed E-state index contributed by atoms with van der Waals surface area (Å²) in [6, 6.07) is 47.0. The summed E-state index contributed by atoms with van der Waals surface area (Å²) in [5.41, 5.74) is 6.99. The first-order valence-electron chi connectivity index (χ1n) is 26.3. The number of quaternary nitrogens is 2. The van der Waals surface area contributed by atoms with E-state index < -0.39 is 28.2 Å². The number of H-pyrrole nitrogens is 2. The molecular weight excluding hydrogens is 1100 g/mol. The quantitative estimate of drug-likeness (QED) is 0.0201. The zero-order valence-corrected chi connectivity index (χ0v) is 47.4. The Morgan fingerprint density at radius 3 is 1.49 bits per heavy atom. The van der Waals surface area contributed by atoms with Crippen LogP contribution in [-0.2, 0) is 17.4 Å². The van der Waals surface area contributed by atoms with E-state index >= 15 is 0 Å². The molecule has 3 aromatic heterocycles. The number of fused-ring (bicyclic) bond motifs is 2. The third-order valence-corrected chi connectivity index (χ3v) is 13.6. The van der Waals surface area contributed by atoms with E-state index in [2.05, 4.69) is 94.7 Å². The molecule has 5 N–H and O–H groups in total. The Labute approximate surface area is 486 Å². The second-order valence-electron chi connectivity index (χ2n) is 18.6. The number of aromatic carboxylic acids is 2. The molecule has 0 spiro atoms. The van der Waals surface area contributed by atoms with Gasteiger partial charge in [-0.3, -0.25) is 29.9 Å². The molecule has 10 rings (SSSR count). The van der Waals surface area contributed by atoms with Gasteiger partial charge in [0.05, 0.1) is 87.5 Å². The molecule has 422 valence electrons. The summed E-state index contributed by atoms with van der Waals surface area (Å²) >= 11 is 0. The average molecular weight is 1160 g/mol. The number of nitrogens with zero attached hydrogens (tertiary/aromatic N) is 7.